The minimum absolute atomic E-state index is 0.137. The van der Waals surface area contributed by atoms with Gasteiger partial charge in [-0.25, -0.2) is 67.9 Å². The molecule has 0 aliphatic carbocycles. The molecule has 4 aromatic heterocycles. The van der Waals surface area contributed by atoms with Crippen LogP contribution in [0.25, 0.3) is 22.3 Å². The molecule has 98 heavy (non-hydrogen) atoms. The summed E-state index contributed by atoms with van der Waals surface area (Å²) >= 11 is 0. The molecule has 36 heteroatoms. The van der Waals surface area contributed by atoms with Crippen LogP contribution in [-0.2, 0) is 93.2 Å². The fraction of sp³-hybridized carbons (Fsp3) is 0.452. The lowest BCUT2D eigenvalue weighted by molar-refractivity contribution is -0.134. The zero-order chi connectivity index (χ0) is 74.1. The van der Waals surface area contributed by atoms with E-state index in [0.717, 1.165) is 126 Å². The first-order valence-electron chi connectivity index (χ1n) is 30.2. The summed E-state index contributed by atoms with van der Waals surface area (Å²) in [4.78, 5) is 148. The van der Waals surface area contributed by atoms with E-state index in [1.807, 2.05) is 78.2 Å². The summed E-state index contributed by atoms with van der Waals surface area (Å²) in [6, 6.07) is 8.30. The number of piperazine rings is 2. The molecule has 2 aliphatic rings. The third-order valence-corrected chi connectivity index (χ3v) is 12.2. The lowest BCUT2D eigenvalue weighted by atomic mass is 10.2. The highest BCUT2D eigenvalue weighted by Gasteiger charge is 2.23. The molecule has 0 saturated carbocycles. The zero-order valence-electron chi connectivity index (χ0n) is 55.2. The highest BCUT2D eigenvalue weighted by molar-refractivity contribution is 5.92. The minimum atomic E-state index is -1.26. The number of aliphatic carboxylic acids is 10. The zero-order valence-corrected chi connectivity index (χ0v) is 55.2. The van der Waals surface area contributed by atoms with Gasteiger partial charge in [-0.3, -0.25) is 19.4 Å². The number of pyridine rings is 2. The van der Waals surface area contributed by atoms with Gasteiger partial charge in [0.05, 0.1) is 26.3 Å². The summed E-state index contributed by atoms with van der Waals surface area (Å²) in [6.07, 6.45) is 10.3. The van der Waals surface area contributed by atoms with Crippen molar-refractivity contribution in [1.82, 2.24) is 59.3 Å². The second kappa shape index (κ2) is 50.7. The normalized spacial score (nSPS) is 13.3. The predicted octanol–water partition coefficient (Wildman–Crippen LogP) is 1.56. The number of amides is 2. The summed E-state index contributed by atoms with van der Waals surface area (Å²) in [5, 5.41) is 84.0. The van der Waals surface area contributed by atoms with E-state index in [0.29, 0.717) is 100 Å². The number of nitrogens with zero attached hydrogens (tertiary/aromatic N) is 10. The van der Waals surface area contributed by atoms with Gasteiger partial charge < -0.3 is 90.1 Å². The number of nitrogens with one attached hydrogen (secondary N) is 2. The van der Waals surface area contributed by atoms with Crippen LogP contribution in [0.2, 0.25) is 0 Å². The Morgan fingerprint density at radius 1 is 0.408 bits per heavy atom. The average Bonchev–Trinajstić information content (AvgIpc) is 1.66. The maximum Gasteiger partial charge on any atom is 0.328 e. The van der Waals surface area contributed by atoms with Crippen molar-refractivity contribution in [3.63, 3.8) is 0 Å². The smallest absolute Gasteiger partial charge is 0.328 e. The van der Waals surface area contributed by atoms with Crippen molar-refractivity contribution in [2.75, 3.05) is 91.9 Å². The van der Waals surface area contributed by atoms with Crippen molar-refractivity contribution < 1.29 is 118 Å². The van der Waals surface area contributed by atoms with Gasteiger partial charge in [-0.15, -0.1) is 0 Å². The third kappa shape index (κ3) is 44.8. The predicted molar refractivity (Wildman–Crippen MR) is 349 cm³/mol. The van der Waals surface area contributed by atoms with Gasteiger partial charge in [0.2, 0.25) is 11.8 Å². The third-order valence-electron chi connectivity index (χ3n) is 12.2. The molecule has 0 bridgehead atoms. The summed E-state index contributed by atoms with van der Waals surface area (Å²) < 4.78 is 15.5. The van der Waals surface area contributed by atoms with Gasteiger partial charge in [-0.05, 0) is 65.8 Å². The molecule has 6 heterocycles. The summed E-state index contributed by atoms with van der Waals surface area (Å²) in [5.41, 5.74) is 3.73. The Morgan fingerprint density at radius 3 is 0.878 bits per heavy atom. The van der Waals surface area contributed by atoms with Crippen LogP contribution in [0.1, 0.15) is 66.0 Å². The molecule has 2 aliphatic heterocycles. The second-order valence-corrected chi connectivity index (χ2v) is 20.7. The molecular formula is C62H88N12O24. The number of carboxylic acid groups (broad SMARTS) is 10. The monoisotopic (exact) mass is 1380 g/mol. The Bertz CT molecular complexity index is 2930. The van der Waals surface area contributed by atoms with E-state index in [9.17, 15) is 57.5 Å². The Labute approximate surface area is 563 Å². The SMILES string of the molecule is CCOCCn1c(CN2CCN(CCC(=O)NC(C)C)CC2)nc2cccnc21.CCOCCn1c(CN2CCN(CCC(=O)NC(C)C)CC2)nc2cccnc21.O=C(O)C=CC(=O)O.O=C(O)C=CC(=O)O.O=C(O)C=CC(=O)O.O=C(O)C=CC(=O)O.O=C(O)C=CC(=O)O. The first-order chi connectivity index (χ1) is 46.3. The van der Waals surface area contributed by atoms with Crippen LogP contribution in [0, 0.1) is 0 Å². The van der Waals surface area contributed by atoms with Crippen LogP contribution in [0.5, 0.6) is 0 Å². The maximum absolute atomic E-state index is 11.9. The minimum Gasteiger partial charge on any atom is -0.478 e. The molecule has 36 nitrogen and oxygen atoms in total. The van der Waals surface area contributed by atoms with Crippen LogP contribution < -0.4 is 10.6 Å². The topological polar surface area (TPSA) is 524 Å². The van der Waals surface area contributed by atoms with Crippen molar-refractivity contribution in [3.8, 4) is 0 Å². The number of rotatable bonds is 30. The van der Waals surface area contributed by atoms with Gasteiger partial charge in [0, 0.05) is 190 Å². The van der Waals surface area contributed by atoms with Crippen molar-refractivity contribution in [2.24, 2.45) is 0 Å². The molecular weight excluding hydrogens is 1300 g/mol. The van der Waals surface area contributed by atoms with E-state index < -0.39 is 59.7 Å². The summed E-state index contributed by atoms with van der Waals surface area (Å²) in [7, 11) is 0. The van der Waals surface area contributed by atoms with E-state index >= 15 is 0 Å². The molecule has 2 saturated heterocycles. The van der Waals surface area contributed by atoms with E-state index in [2.05, 4.69) is 49.3 Å². The molecule has 6 rings (SSSR count). The Hall–Kier alpha value is -10.7. The van der Waals surface area contributed by atoms with E-state index in [4.69, 9.17) is 70.5 Å². The molecule has 2 amide bonds. The molecule has 0 atom stereocenters. The quantitative estimate of drug-likeness (QED) is 0.0260. The van der Waals surface area contributed by atoms with Crippen molar-refractivity contribution in [3.05, 3.63) is 109 Å². The van der Waals surface area contributed by atoms with Crippen molar-refractivity contribution >= 4 is 93.8 Å². The number of carbonyl (C=O) groups is 12. The van der Waals surface area contributed by atoms with Gasteiger partial charge >= 0.3 is 59.7 Å². The van der Waals surface area contributed by atoms with Crippen LogP contribution in [0.3, 0.4) is 0 Å². The Morgan fingerprint density at radius 2 is 0.653 bits per heavy atom. The summed E-state index contributed by atoms with van der Waals surface area (Å²) in [6.45, 7) is 27.4. The number of hydrogen-bond donors (Lipinski definition) is 12. The molecule has 12 N–H and O–H groups in total. The fourth-order valence-corrected chi connectivity index (χ4v) is 8.08. The lowest BCUT2D eigenvalue weighted by Gasteiger charge is -2.34. The number of carbonyl (C=O) groups excluding carboxylic acids is 2. The lowest BCUT2D eigenvalue weighted by Crippen LogP contribution is -2.47. The van der Waals surface area contributed by atoms with E-state index in [1.54, 1.807) is 0 Å². The number of hydrogen-bond acceptors (Lipinski definition) is 22. The highest BCUT2D eigenvalue weighted by Crippen LogP contribution is 2.18. The van der Waals surface area contributed by atoms with Gasteiger partial charge in [0.25, 0.3) is 0 Å². The second-order valence-electron chi connectivity index (χ2n) is 20.7. The van der Waals surface area contributed by atoms with Crippen LogP contribution in [-0.4, -0.2) is 275 Å². The number of carboxylic acids is 10. The van der Waals surface area contributed by atoms with Crippen LogP contribution >= 0.6 is 0 Å². The summed E-state index contributed by atoms with van der Waals surface area (Å²) in [5.74, 6) is -10.2. The number of imidazole rings is 2. The van der Waals surface area contributed by atoms with Crippen LogP contribution in [0.15, 0.2) is 97.4 Å². The average molecular weight is 1390 g/mol. The maximum atomic E-state index is 11.9. The fourth-order valence-electron chi connectivity index (χ4n) is 8.08. The van der Waals surface area contributed by atoms with E-state index in [1.165, 1.54) is 0 Å². The standard InChI is InChI=1S/2C21H34N6O2.5C4H4O4/c2*1-4-29-15-14-27-19(24-18-6-5-8-22-21(18)27)16-26-12-10-25(11-13-26)9-7-20(28)23-17(2)3;5*5-3(6)1-2-4(7)8/h2*5-6,8,17H,4,7,9-16H2,1-3H3,(H,23,28);5*1-2H,(H,5,6)(H,7,8). The molecule has 4 aromatic rings. The van der Waals surface area contributed by atoms with Crippen molar-refractivity contribution in [2.45, 2.75) is 92.6 Å². The number of ether oxygens (including phenoxy) is 2. The molecule has 0 aromatic carbocycles. The van der Waals surface area contributed by atoms with Crippen LogP contribution in [0.4, 0.5) is 0 Å². The van der Waals surface area contributed by atoms with Crippen molar-refractivity contribution in [1.29, 1.82) is 0 Å². The number of fused-ring (bicyclic) bond motifs is 2. The first-order valence-corrected chi connectivity index (χ1v) is 30.2. The Kier molecular flexibility index (Phi) is 45.2. The van der Waals surface area contributed by atoms with Gasteiger partial charge in [-0.1, -0.05) is 0 Å². The number of aromatic nitrogens is 6. The largest absolute Gasteiger partial charge is 0.478 e. The van der Waals surface area contributed by atoms with Gasteiger partial charge in [0.15, 0.2) is 11.3 Å². The molecule has 0 spiro atoms. The molecule has 0 radical (unpaired) electrons. The van der Waals surface area contributed by atoms with Gasteiger partial charge in [-0.2, -0.15) is 0 Å². The highest BCUT2D eigenvalue weighted by atomic mass is 16.5. The Balaban J connectivity index is 0.00000125. The molecule has 0 unspecified atom stereocenters. The molecule has 2 fully saturated rings. The van der Waals surface area contributed by atoms with Gasteiger partial charge in [0.1, 0.15) is 22.7 Å². The van der Waals surface area contributed by atoms with E-state index in [-0.39, 0.29) is 23.9 Å². The first kappa shape index (κ1) is 87.3. The molecule has 540 valence electrons.